The first kappa shape index (κ1) is 38.5. The van der Waals surface area contributed by atoms with Gasteiger partial charge < -0.3 is 24.6 Å². The summed E-state index contributed by atoms with van der Waals surface area (Å²) in [5.74, 6) is -1.13. The van der Waals surface area contributed by atoms with Crippen LogP contribution < -0.4 is 0 Å². The summed E-state index contributed by atoms with van der Waals surface area (Å²) >= 11 is 0. The van der Waals surface area contributed by atoms with E-state index in [0.717, 1.165) is 38.5 Å². The van der Waals surface area contributed by atoms with E-state index in [2.05, 4.69) is 35.8 Å². The molecule has 3 atom stereocenters. The quantitative estimate of drug-likeness (QED) is 0.0453. The van der Waals surface area contributed by atoms with Crippen LogP contribution in [0.5, 0.6) is 0 Å². The van der Waals surface area contributed by atoms with Gasteiger partial charge in [-0.2, -0.15) is 0 Å². The topological polar surface area (TPSA) is 149 Å². The van der Waals surface area contributed by atoms with Gasteiger partial charge >= 0.3 is 19.8 Å². The third-order valence-electron chi connectivity index (χ3n) is 5.92. The lowest BCUT2D eigenvalue weighted by atomic mass is 10.1. The molecular weight excluding hydrogens is 539 g/mol. The molecule has 0 bridgehead atoms. The first-order valence-corrected chi connectivity index (χ1v) is 16.2. The van der Waals surface area contributed by atoms with Gasteiger partial charge in [0.15, 0.2) is 6.10 Å². The summed E-state index contributed by atoms with van der Waals surface area (Å²) in [5, 5.41) is 18.0. The van der Waals surface area contributed by atoms with E-state index in [-0.39, 0.29) is 13.0 Å². The van der Waals surface area contributed by atoms with E-state index in [0.29, 0.717) is 6.42 Å². The van der Waals surface area contributed by atoms with Crippen molar-refractivity contribution in [3.63, 3.8) is 0 Å². The number of unbranched alkanes of at least 4 members (excludes halogenated alkanes) is 11. The Morgan fingerprint density at radius 3 is 1.93 bits per heavy atom. The maximum Gasteiger partial charge on any atom is 0.472 e. The number of carbonyl (C=O) groups is 2. The van der Waals surface area contributed by atoms with E-state index in [1.165, 1.54) is 51.9 Å². The lowest BCUT2D eigenvalue weighted by molar-refractivity contribution is -0.160. The van der Waals surface area contributed by atoms with Crippen LogP contribution in [0.3, 0.4) is 0 Å². The first-order valence-electron chi connectivity index (χ1n) is 14.7. The zero-order chi connectivity index (χ0) is 29.9. The van der Waals surface area contributed by atoms with E-state index in [1.807, 2.05) is 0 Å². The number of phosphoric ester groups is 1. The molecule has 0 rings (SSSR count). The van der Waals surface area contributed by atoms with E-state index in [4.69, 9.17) is 19.1 Å². The average molecular weight is 593 g/mol. The van der Waals surface area contributed by atoms with Gasteiger partial charge in [-0.15, -0.1) is 0 Å². The van der Waals surface area contributed by atoms with Gasteiger partial charge in [-0.05, 0) is 38.5 Å². The maximum atomic E-state index is 12.2. The lowest BCUT2D eigenvalue weighted by Crippen LogP contribution is -2.29. The summed E-state index contributed by atoms with van der Waals surface area (Å²) < 4.78 is 31.3. The predicted molar refractivity (Wildman–Crippen MR) is 155 cm³/mol. The molecule has 3 N–H and O–H groups in total. The zero-order valence-electron chi connectivity index (χ0n) is 24.5. The van der Waals surface area contributed by atoms with E-state index in [1.54, 1.807) is 0 Å². The Morgan fingerprint density at radius 2 is 1.35 bits per heavy atom. The normalized spacial score (nSPS) is 14.8. The highest BCUT2D eigenvalue weighted by Crippen LogP contribution is 2.43. The Hall–Kier alpha value is -1.55. The molecule has 0 spiro atoms. The van der Waals surface area contributed by atoms with Gasteiger partial charge in [0.2, 0.25) is 0 Å². The Bertz CT molecular complexity index is 740. The number of aliphatic hydroxyl groups excluding tert-OH is 2. The van der Waals surface area contributed by atoms with Crippen LogP contribution in [0, 0.1) is 0 Å². The van der Waals surface area contributed by atoms with E-state index in [9.17, 15) is 24.2 Å². The van der Waals surface area contributed by atoms with Crippen molar-refractivity contribution in [2.75, 3.05) is 26.4 Å². The fourth-order valence-electron chi connectivity index (χ4n) is 3.63. The molecule has 11 heteroatoms. The van der Waals surface area contributed by atoms with Gasteiger partial charge in [0.1, 0.15) is 12.7 Å². The molecule has 0 amide bonds. The van der Waals surface area contributed by atoms with Crippen LogP contribution in [-0.2, 0) is 32.7 Å². The molecule has 40 heavy (non-hydrogen) atoms. The summed E-state index contributed by atoms with van der Waals surface area (Å²) in [6.45, 7) is 1.25. The zero-order valence-corrected chi connectivity index (χ0v) is 25.4. The van der Waals surface area contributed by atoms with Crippen LogP contribution in [0.15, 0.2) is 24.3 Å². The van der Waals surface area contributed by atoms with Crippen molar-refractivity contribution >= 4 is 19.8 Å². The predicted octanol–water partition coefficient (Wildman–Crippen LogP) is 5.93. The van der Waals surface area contributed by atoms with Crippen LogP contribution in [0.25, 0.3) is 0 Å². The number of rotatable bonds is 27. The van der Waals surface area contributed by atoms with E-state index >= 15 is 0 Å². The van der Waals surface area contributed by atoms with Gasteiger partial charge in [0, 0.05) is 13.3 Å². The smallest absolute Gasteiger partial charge is 0.462 e. The van der Waals surface area contributed by atoms with Crippen LogP contribution >= 0.6 is 7.82 Å². The number of allylic oxidation sites excluding steroid dienone is 4. The van der Waals surface area contributed by atoms with Crippen molar-refractivity contribution in [3.05, 3.63) is 24.3 Å². The number of ether oxygens (including phenoxy) is 2. The standard InChI is InChI=1S/C29H53O10P/c1-3-4-5-6-7-8-9-10-11-12-13-14-15-16-17-18-19-20-21-29(33)39-28(24-36-26(2)31)25-38-40(34,35)37-23-27(32)22-30/h8-9,11-12,27-28,30,32H,3-7,10,13-25H2,1-2H3,(H,34,35)/b9-8-,12-11-. The van der Waals surface area contributed by atoms with Crippen LogP contribution in [0.1, 0.15) is 110 Å². The second-order valence-corrected chi connectivity index (χ2v) is 11.3. The molecule has 10 nitrogen and oxygen atoms in total. The minimum absolute atomic E-state index is 0.171. The number of aliphatic hydroxyl groups is 2. The van der Waals surface area contributed by atoms with Gasteiger partial charge in [0.05, 0.1) is 19.8 Å². The van der Waals surface area contributed by atoms with E-state index < -0.39 is 51.8 Å². The molecule has 0 radical (unpaired) electrons. The summed E-state index contributed by atoms with van der Waals surface area (Å²) in [5.41, 5.74) is 0. The van der Waals surface area contributed by atoms with Crippen molar-refractivity contribution in [2.45, 2.75) is 122 Å². The summed E-state index contributed by atoms with van der Waals surface area (Å²) in [4.78, 5) is 33.0. The monoisotopic (exact) mass is 592 g/mol. The van der Waals surface area contributed by atoms with Gasteiger partial charge in [0.25, 0.3) is 0 Å². The summed E-state index contributed by atoms with van der Waals surface area (Å²) in [6.07, 6.45) is 22.5. The average Bonchev–Trinajstić information content (AvgIpc) is 2.92. The number of phosphoric acid groups is 1. The molecule has 0 aromatic carbocycles. The third kappa shape index (κ3) is 26.7. The van der Waals surface area contributed by atoms with Crippen LogP contribution in [0.2, 0.25) is 0 Å². The highest BCUT2D eigenvalue weighted by molar-refractivity contribution is 7.47. The largest absolute Gasteiger partial charge is 0.472 e. The van der Waals surface area contributed by atoms with Gasteiger partial charge in [-0.25, -0.2) is 4.57 Å². The number of hydrogen-bond donors (Lipinski definition) is 3. The molecule has 0 saturated carbocycles. The Balaban J connectivity index is 3.95. The molecule has 0 aliphatic rings. The molecule has 0 fully saturated rings. The Labute approximate surface area is 240 Å². The lowest BCUT2D eigenvalue weighted by Gasteiger charge is -2.20. The SMILES string of the molecule is CCCCCC/C=C\C/C=C\CCCCCCCCCC(=O)OC(COC(C)=O)COP(=O)(O)OCC(O)CO. The highest BCUT2D eigenvalue weighted by Gasteiger charge is 2.26. The van der Waals surface area contributed by atoms with Crippen LogP contribution in [-0.4, -0.2) is 65.7 Å². The van der Waals surface area contributed by atoms with Crippen molar-refractivity contribution < 1.29 is 47.8 Å². The minimum atomic E-state index is -4.57. The molecule has 0 aromatic heterocycles. The molecule has 0 aromatic rings. The molecule has 0 saturated heterocycles. The second-order valence-electron chi connectivity index (χ2n) is 9.85. The second kappa shape index (κ2) is 26.4. The summed E-state index contributed by atoms with van der Waals surface area (Å²) in [7, 11) is -4.57. The van der Waals surface area contributed by atoms with Gasteiger partial charge in [-0.1, -0.05) is 82.6 Å². The van der Waals surface area contributed by atoms with Crippen molar-refractivity contribution in [2.24, 2.45) is 0 Å². The molecule has 0 aliphatic heterocycles. The third-order valence-corrected chi connectivity index (χ3v) is 6.87. The molecular formula is C29H53O10P. The van der Waals surface area contributed by atoms with Crippen molar-refractivity contribution in [3.8, 4) is 0 Å². The van der Waals surface area contributed by atoms with Crippen molar-refractivity contribution in [1.29, 1.82) is 0 Å². The fraction of sp³-hybridized carbons (Fsp3) is 0.793. The van der Waals surface area contributed by atoms with Crippen molar-refractivity contribution in [1.82, 2.24) is 0 Å². The van der Waals surface area contributed by atoms with Gasteiger partial charge in [-0.3, -0.25) is 18.6 Å². The maximum absolute atomic E-state index is 12.2. The summed E-state index contributed by atoms with van der Waals surface area (Å²) in [6, 6.07) is 0. The molecule has 0 aliphatic carbocycles. The number of esters is 2. The number of carbonyl (C=O) groups excluding carboxylic acids is 2. The first-order chi connectivity index (χ1) is 19.2. The highest BCUT2D eigenvalue weighted by atomic mass is 31.2. The van der Waals surface area contributed by atoms with Crippen LogP contribution in [0.4, 0.5) is 0 Å². The Kier molecular flexibility index (Phi) is 25.3. The minimum Gasteiger partial charge on any atom is -0.462 e. The molecule has 0 heterocycles. The fourth-order valence-corrected chi connectivity index (χ4v) is 4.42. The Morgan fingerprint density at radius 1 is 0.800 bits per heavy atom. The number of hydrogen-bond acceptors (Lipinski definition) is 9. The molecule has 3 unspecified atom stereocenters. The molecule has 234 valence electrons.